The Morgan fingerprint density at radius 2 is 1.93 bits per heavy atom. The van der Waals surface area contributed by atoms with E-state index in [1.807, 2.05) is 0 Å². The molecule has 1 aliphatic rings. The fraction of sp³-hybridized carbons (Fsp3) is 0.625. The van der Waals surface area contributed by atoms with Crippen LogP contribution >= 0.6 is 23.4 Å². The standard InChI is InChI=1S/C8H11ClN4S/c9-6-11-7(10)13-8(12-6)14-5-3-1-2-4-5/h5H,1-4H2,(H2,10,11,12,13). The van der Waals surface area contributed by atoms with Crippen molar-refractivity contribution in [2.75, 3.05) is 5.73 Å². The molecule has 1 aromatic rings. The minimum Gasteiger partial charge on any atom is -0.368 e. The Morgan fingerprint density at radius 1 is 1.21 bits per heavy atom. The van der Waals surface area contributed by atoms with E-state index in [1.54, 1.807) is 11.8 Å². The van der Waals surface area contributed by atoms with Gasteiger partial charge in [-0.05, 0) is 24.4 Å². The molecule has 0 aliphatic heterocycles. The largest absolute Gasteiger partial charge is 0.368 e. The molecule has 1 heterocycles. The smallest absolute Gasteiger partial charge is 0.228 e. The normalized spacial score (nSPS) is 17.5. The number of rotatable bonds is 2. The summed E-state index contributed by atoms with van der Waals surface area (Å²) in [5.41, 5.74) is 5.47. The van der Waals surface area contributed by atoms with Crippen LogP contribution in [-0.2, 0) is 0 Å². The summed E-state index contributed by atoms with van der Waals surface area (Å²) in [6, 6.07) is 0. The molecule has 6 heteroatoms. The third kappa shape index (κ3) is 2.48. The SMILES string of the molecule is Nc1nc(Cl)nc(SC2CCCC2)n1. The third-order valence-electron chi connectivity index (χ3n) is 2.18. The fourth-order valence-electron chi connectivity index (χ4n) is 1.55. The van der Waals surface area contributed by atoms with Crippen molar-refractivity contribution in [1.29, 1.82) is 0 Å². The van der Waals surface area contributed by atoms with Gasteiger partial charge in [-0.3, -0.25) is 0 Å². The first-order valence-electron chi connectivity index (χ1n) is 4.58. The van der Waals surface area contributed by atoms with E-state index in [4.69, 9.17) is 17.3 Å². The molecule has 0 saturated heterocycles. The van der Waals surface area contributed by atoms with E-state index in [1.165, 1.54) is 25.7 Å². The van der Waals surface area contributed by atoms with Gasteiger partial charge in [0, 0.05) is 5.25 Å². The molecule has 1 aromatic heterocycles. The van der Waals surface area contributed by atoms with Crippen LogP contribution in [0.15, 0.2) is 5.16 Å². The maximum atomic E-state index is 5.68. The molecule has 0 aromatic carbocycles. The van der Waals surface area contributed by atoms with E-state index in [2.05, 4.69) is 15.0 Å². The van der Waals surface area contributed by atoms with Gasteiger partial charge in [0.25, 0.3) is 0 Å². The molecule has 0 radical (unpaired) electrons. The van der Waals surface area contributed by atoms with Crippen molar-refractivity contribution in [3.8, 4) is 0 Å². The Bertz CT molecular complexity index is 307. The molecular formula is C8H11ClN4S. The minimum absolute atomic E-state index is 0.179. The number of nitrogen functional groups attached to an aromatic ring is 1. The van der Waals surface area contributed by atoms with Gasteiger partial charge in [0.05, 0.1) is 0 Å². The van der Waals surface area contributed by atoms with Gasteiger partial charge in [0.15, 0.2) is 5.16 Å². The second kappa shape index (κ2) is 4.31. The lowest BCUT2D eigenvalue weighted by molar-refractivity contribution is 0.871. The molecule has 1 saturated carbocycles. The van der Waals surface area contributed by atoms with Gasteiger partial charge < -0.3 is 5.73 Å². The zero-order valence-electron chi connectivity index (χ0n) is 7.61. The first kappa shape index (κ1) is 9.98. The van der Waals surface area contributed by atoms with Gasteiger partial charge in [-0.25, -0.2) is 0 Å². The first-order valence-corrected chi connectivity index (χ1v) is 5.83. The molecule has 14 heavy (non-hydrogen) atoms. The summed E-state index contributed by atoms with van der Waals surface area (Å²) in [6.45, 7) is 0. The fourth-order valence-corrected chi connectivity index (χ4v) is 2.92. The minimum atomic E-state index is 0.179. The highest BCUT2D eigenvalue weighted by atomic mass is 35.5. The van der Waals surface area contributed by atoms with Crippen molar-refractivity contribution >= 4 is 29.3 Å². The molecule has 1 aliphatic carbocycles. The second-order valence-corrected chi connectivity index (χ2v) is 4.88. The number of nitrogens with two attached hydrogens (primary N) is 1. The Hall–Kier alpha value is -0.550. The van der Waals surface area contributed by atoms with Crippen molar-refractivity contribution in [3.05, 3.63) is 5.28 Å². The number of anilines is 1. The van der Waals surface area contributed by atoms with Crippen LogP contribution in [-0.4, -0.2) is 20.2 Å². The highest BCUT2D eigenvalue weighted by molar-refractivity contribution is 7.99. The van der Waals surface area contributed by atoms with E-state index in [-0.39, 0.29) is 11.2 Å². The highest BCUT2D eigenvalue weighted by Gasteiger charge is 2.18. The number of nitrogens with zero attached hydrogens (tertiary/aromatic N) is 3. The molecule has 0 amide bonds. The zero-order valence-corrected chi connectivity index (χ0v) is 9.18. The van der Waals surface area contributed by atoms with Crippen LogP contribution in [0, 0.1) is 0 Å². The molecule has 0 unspecified atom stereocenters. The number of hydrogen-bond donors (Lipinski definition) is 1. The van der Waals surface area contributed by atoms with Crippen molar-refractivity contribution in [2.45, 2.75) is 36.1 Å². The summed E-state index contributed by atoms with van der Waals surface area (Å²) < 4.78 is 0. The molecule has 2 rings (SSSR count). The topological polar surface area (TPSA) is 64.7 Å². The Balaban J connectivity index is 2.07. The molecule has 76 valence electrons. The van der Waals surface area contributed by atoms with E-state index < -0.39 is 0 Å². The van der Waals surface area contributed by atoms with Gasteiger partial charge in [-0.1, -0.05) is 24.6 Å². The van der Waals surface area contributed by atoms with Gasteiger partial charge in [-0.2, -0.15) is 15.0 Å². The second-order valence-electron chi connectivity index (χ2n) is 3.27. The molecule has 1 fully saturated rings. The van der Waals surface area contributed by atoms with E-state index in [0.29, 0.717) is 10.4 Å². The predicted molar refractivity (Wildman–Crippen MR) is 57.4 cm³/mol. The van der Waals surface area contributed by atoms with Gasteiger partial charge in [-0.15, -0.1) is 0 Å². The van der Waals surface area contributed by atoms with Crippen molar-refractivity contribution in [2.24, 2.45) is 0 Å². The highest BCUT2D eigenvalue weighted by Crippen LogP contribution is 2.33. The third-order valence-corrected chi connectivity index (χ3v) is 3.55. The Kier molecular flexibility index (Phi) is 3.08. The lowest BCUT2D eigenvalue weighted by Gasteiger charge is -2.06. The van der Waals surface area contributed by atoms with Crippen molar-refractivity contribution in [3.63, 3.8) is 0 Å². The first-order chi connectivity index (χ1) is 6.74. The van der Waals surface area contributed by atoms with E-state index in [9.17, 15) is 0 Å². The van der Waals surface area contributed by atoms with E-state index >= 15 is 0 Å². The Morgan fingerprint density at radius 3 is 2.57 bits per heavy atom. The maximum Gasteiger partial charge on any atom is 0.228 e. The van der Waals surface area contributed by atoms with Crippen molar-refractivity contribution < 1.29 is 0 Å². The van der Waals surface area contributed by atoms with Crippen LogP contribution in [0.2, 0.25) is 5.28 Å². The van der Waals surface area contributed by atoms with Crippen LogP contribution in [0.1, 0.15) is 25.7 Å². The number of halogens is 1. The van der Waals surface area contributed by atoms with Crippen molar-refractivity contribution in [1.82, 2.24) is 15.0 Å². The van der Waals surface area contributed by atoms with Crippen LogP contribution in [0.3, 0.4) is 0 Å². The van der Waals surface area contributed by atoms with Crippen LogP contribution in [0.5, 0.6) is 0 Å². The number of hydrogen-bond acceptors (Lipinski definition) is 5. The summed E-state index contributed by atoms with van der Waals surface area (Å²) >= 11 is 7.33. The molecule has 0 spiro atoms. The maximum absolute atomic E-state index is 5.68. The Labute approximate surface area is 91.7 Å². The molecule has 4 nitrogen and oxygen atoms in total. The number of aromatic nitrogens is 3. The summed E-state index contributed by atoms with van der Waals surface area (Å²) in [5.74, 6) is 0.200. The van der Waals surface area contributed by atoms with E-state index in [0.717, 1.165) is 0 Å². The summed E-state index contributed by atoms with van der Waals surface area (Å²) in [7, 11) is 0. The quantitative estimate of drug-likeness (QED) is 0.843. The average molecular weight is 231 g/mol. The summed E-state index contributed by atoms with van der Waals surface area (Å²) in [5, 5.41) is 1.44. The van der Waals surface area contributed by atoms with Crippen LogP contribution < -0.4 is 5.73 Å². The molecule has 0 bridgehead atoms. The van der Waals surface area contributed by atoms with Gasteiger partial charge in [0.1, 0.15) is 0 Å². The lowest BCUT2D eigenvalue weighted by Crippen LogP contribution is -2.02. The monoisotopic (exact) mass is 230 g/mol. The van der Waals surface area contributed by atoms with Crippen LogP contribution in [0.25, 0.3) is 0 Å². The molecular weight excluding hydrogens is 220 g/mol. The average Bonchev–Trinajstić information content (AvgIpc) is 2.54. The summed E-state index contributed by atoms with van der Waals surface area (Å²) in [6.07, 6.45) is 5.06. The van der Waals surface area contributed by atoms with Crippen LogP contribution in [0.4, 0.5) is 5.95 Å². The van der Waals surface area contributed by atoms with Gasteiger partial charge >= 0.3 is 0 Å². The summed E-state index contributed by atoms with van der Waals surface area (Å²) in [4.78, 5) is 11.8. The zero-order chi connectivity index (χ0) is 9.97. The van der Waals surface area contributed by atoms with Gasteiger partial charge in [0.2, 0.25) is 11.2 Å². The number of thioether (sulfide) groups is 1. The molecule has 0 atom stereocenters. The lowest BCUT2D eigenvalue weighted by atomic mass is 10.4. The molecule has 2 N–H and O–H groups in total. The predicted octanol–water partition coefficient (Wildman–Crippen LogP) is 2.14.